The van der Waals surface area contributed by atoms with Gasteiger partial charge in [-0.25, -0.2) is 0 Å². The average Bonchev–Trinajstić information content (AvgIpc) is 3.05. The molecule has 4 aromatic rings. The van der Waals surface area contributed by atoms with Crippen molar-refractivity contribution in [2.45, 2.75) is 11.8 Å². The van der Waals surface area contributed by atoms with Crippen LogP contribution in [0.4, 0.5) is 0 Å². The summed E-state index contributed by atoms with van der Waals surface area (Å²) in [5.74, 6) is 0. The van der Waals surface area contributed by atoms with Gasteiger partial charge in [-0.3, -0.25) is 0 Å². The molecule has 4 rings (SSSR count). The van der Waals surface area contributed by atoms with Gasteiger partial charge in [-0.05, 0) is 40.9 Å². The van der Waals surface area contributed by atoms with Gasteiger partial charge in [0.15, 0.2) is 0 Å². The number of hydrogen-bond acceptors (Lipinski definition) is 2. The monoisotopic (exact) mass is 381 g/mol. The summed E-state index contributed by atoms with van der Waals surface area (Å²) in [6.07, 6.45) is 2.68. The molecular weight excluding hydrogens is 362 g/mol. The van der Waals surface area contributed by atoms with E-state index in [0.717, 1.165) is 17.3 Å². The van der Waals surface area contributed by atoms with E-state index in [-0.39, 0.29) is 0 Å². The smallest absolute Gasteiger partial charge is 0.134 e. The Morgan fingerprint density at radius 1 is 0.875 bits per heavy atom. The molecule has 1 aromatic heterocycles. The molecule has 0 spiro atoms. The van der Waals surface area contributed by atoms with Crippen molar-refractivity contribution in [1.82, 2.24) is 0 Å². The second kappa shape index (κ2) is 8.13. The van der Waals surface area contributed by atoms with Crippen LogP contribution in [0, 0.1) is 0 Å². The SMILES string of the molecule is BrCc1ccc2ccccc2c1.NCCc1coc2ccccc12. The first-order chi connectivity index (χ1) is 11.8. The zero-order valence-electron chi connectivity index (χ0n) is 13.4. The lowest BCUT2D eigenvalue weighted by molar-refractivity contribution is 0.610. The molecule has 0 amide bonds. The zero-order chi connectivity index (χ0) is 16.8. The Labute approximate surface area is 150 Å². The Hall–Kier alpha value is -2.10. The molecule has 3 aromatic carbocycles. The van der Waals surface area contributed by atoms with Crippen molar-refractivity contribution in [2.75, 3.05) is 6.54 Å². The van der Waals surface area contributed by atoms with E-state index in [0.29, 0.717) is 6.54 Å². The first kappa shape index (κ1) is 16.7. The number of benzene rings is 3. The van der Waals surface area contributed by atoms with Gasteiger partial charge in [0, 0.05) is 10.7 Å². The van der Waals surface area contributed by atoms with Gasteiger partial charge in [-0.2, -0.15) is 0 Å². The van der Waals surface area contributed by atoms with Gasteiger partial charge in [0.25, 0.3) is 0 Å². The molecule has 0 atom stereocenters. The second-order valence-corrected chi connectivity index (χ2v) is 6.17. The minimum atomic E-state index is 0.670. The molecule has 0 radical (unpaired) electrons. The first-order valence-corrected chi connectivity index (χ1v) is 9.13. The highest BCUT2D eigenvalue weighted by Gasteiger charge is 2.02. The maximum Gasteiger partial charge on any atom is 0.134 e. The minimum absolute atomic E-state index is 0.670. The third kappa shape index (κ3) is 3.86. The summed E-state index contributed by atoms with van der Waals surface area (Å²) < 4.78 is 5.35. The van der Waals surface area contributed by atoms with Crippen molar-refractivity contribution in [3.63, 3.8) is 0 Å². The molecule has 2 N–H and O–H groups in total. The molecular formula is C21H20BrNO. The number of hydrogen-bond donors (Lipinski definition) is 1. The van der Waals surface area contributed by atoms with Crippen molar-refractivity contribution in [1.29, 1.82) is 0 Å². The third-order valence-corrected chi connectivity index (χ3v) is 4.59. The first-order valence-electron chi connectivity index (χ1n) is 8.00. The van der Waals surface area contributed by atoms with Crippen molar-refractivity contribution >= 4 is 37.7 Å². The van der Waals surface area contributed by atoms with Crippen LogP contribution in [-0.4, -0.2) is 6.54 Å². The van der Waals surface area contributed by atoms with Crippen LogP contribution in [0.1, 0.15) is 11.1 Å². The molecule has 0 saturated heterocycles. The molecule has 0 bridgehead atoms. The molecule has 0 fully saturated rings. The summed E-state index contributed by atoms with van der Waals surface area (Å²) in [6, 6.07) is 22.9. The summed E-state index contributed by atoms with van der Waals surface area (Å²) >= 11 is 3.44. The van der Waals surface area contributed by atoms with Crippen molar-refractivity contribution < 1.29 is 4.42 Å². The molecule has 0 unspecified atom stereocenters. The molecule has 2 nitrogen and oxygen atoms in total. The molecule has 0 saturated carbocycles. The van der Waals surface area contributed by atoms with Crippen LogP contribution in [0.3, 0.4) is 0 Å². The summed E-state index contributed by atoms with van der Waals surface area (Å²) in [7, 11) is 0. The van der Waals surface area contributed by atoms with Gasteiger partial charge in [0.2, 0.25) is 0 Å². The molecule has 0 aliphatic rings. The Kier molecular flexibility index (Phi) is 5.68. The molecule has 3 heteroatoms. The lowest BCUT2D eigenvalue weighted by Gasteiger charge is -1.98. The minimum Gasteiger partial charge on any atom is -0.464 e. The summed E-state index contributed by atoms with van der Waals surface area (Å²) in [4.78, 5) is 0. The molecule has 24 heavy (non-hydrogen) atoms. The fraction of sp³-hybridized carbons (Fsp3) is 0.143. The average molecular weight is 382 g/mol. The maximum absolute atomic E-state index is 5.47. The Morgan fingerprint density at radius 2 is 1.62 bits per heavy atom. The lowest BCUT2D eigenvalue weighted by atomic mass is 10.1. The van der Waals surface area contributed by atoms with Crippen molar-refractivity contribution in [3.8, 4) is 0 Å². The van der Waals surface area contributed by atoms with Crippen LogP contribution in [0.15, 0.2) is 77.4 Å². The van der Waals surface area contributed by atoms with E-state index in [1.807, 2.05) is 18.2 Å². The fourth-order valence-electron chi connectivity index (χ4n) is 2.70. The molecule has 1 heterocycles. The third-order valence-electron chi connectivity index (χ3n) is 3.94. The molecule has 122 valence electrons. The van der Waals surface area contributed by atoms with E-state index in [1.165, 1.54) is 27.3 Å². The number of para-hydroxylation sites is 1. The number of rotatable bonds is 3. The maximum atomic E-state index is 5.47. The van der Waals surface area contributed by atoms with Crippen molar-refractivity contribution in [3.05, 3.63) is 84.1 Å². The van der Waals surface area contributed by atoms with E-state index in [1.54, 1.807) is 6.26 Å². The number of alkyl halides is 1. The number of fused-ring (bicyclic) bond motifs is 2. The van der Waals surface area contributed by atoms with Crippen LogP contribution in [0.25, 0.3) is 21.7 Å². The van der Waals surface area contributed by atoms with Crippen LogP contribution in [0.2, 0.25) is 0 Å². The Balaban J connectivity index is 0.000000141. The highest BCUT2D eigenvalue weighted by Crippen LogP contribution is 2.20. The van der Waals surface area contributed by atoms with E-state index in [2.05, 4.69) is 64.5 Å². The van der Waals surface area contributed by atoms with Gasteiger partial charge >= 0.3 is 0 Å². The van der Waals surface area contributed by atoms with E-state index in [4.69, 9.17) is 10.2 Å². The van der Waals surface area contributed by atoms with Crippen LogP contribution < -0.4 is 5.73 Å². The predicted octanol–water partition coefficient (Wildman–Crippen LogP) is 5.67. The van der Waals surface area contributed by atoms with E-state index in [9.17, 15) is 0 Å². The van der Waals surface area contributed by atoms with Crippen LogP contribution in [-0.2, 0) is 11.8 Å². The summed E-state index contributed by atoms with van der Waals surface area (Å²) in [6.45, 7) is 0.670. The van der Waals surface area contributed by atoms with Crippen LogP contribution >= 0.6 is 15.9 Å². The number of nitrogens with two attached hydrogens (primary N) is 1. The Morgan fingerprint density at radius 3 is 2.42 bits per heavy atom. The highest BCUT2D eigenvalue weighted by atomic mass is 79.9. The molecule has 0 aliphatic heterocycles. The van der Waals surface area contributed by atoms with E-state index >= 15 is 0 Å². The van der Waals surface area contributed by atoms with Gasteiger partial charge in [-0.1, -0.05) is 76.6 Å². The number of halogens is 1. The van der Waals surface area contributed by atoms with Gasteiger partial charge in [-0.15, -0.1) is 0 Å². The summed E-state index contributed by atoms with van der Waals surface area (Å²) in [5.41, 5.74) is 8.94. The molecule has 0 aliphatic carbocycles. The standard InChI is InChI=1S/C11H9Br.C10H11NO/c12-8-9-5-6-10-3-1-2-4-11(10)7-9;11-6-5-8-7-12-10-4-2-1-3-9(8)10/h1-7H,8H2;1-4,7H,5-6,11H2. The quantitative estimate of drug-likeness (QED) is 0.464. The topological polar surface area (TPSA) is 39.2 Å². The number of furan rings is 1. The van der Waals surface area contributed by atoms with Crippen LogP contribution in [0.5, 0.6) is 0 Å². The normalized spacial score (nSPS) is 10.6. The predicted molar refractivity (Wildman–Crippen MR) is 106 cm³/mol. The van der Waals surface area contributed by atoms with Crippen molar-refractivity contribution in [2.24, 2.45) is 5.73 Å². The zero-order valence-corrected chi connectivity index (χ0v) is 15.0. The lowest BCUT2D eigenvalue weighted by Crippen LogP contribution is -2.01. The highest BCUT2D eigenvalue weighted by molar-refractivity contribution is 9.08. The summed E-state index contributed by atoms with van der Waals surface area (Å²) in [5, 5.41) is 4.73. The van der Waals surface area contributed by atoms with E-state index < -0.39 is 0 Å². The Bertz CT molecular complexity index is 929. The van der Waals surface area contributed by atoms with Gasteiger partial charge in [0.1, 0.15) is 5.58 Å². The van der Waals surface area contributed by atoms with Gasteiger partial charge < -0.3 is 10.2 Å². The fourth-order valence-corrected chi connectivity index (χ4v) is 3.05. The largest absolute Gasteiger partial charge is 0.464 e. The van der Waals surface area contributed by atoms with Gasteiger partial charge in [0.05, 0.1) is 6.26 Å². The second-order valence-electron chi connectivity index (χ2n) is 5.61.